The Morgan fingerprint density at radius 1 is 1.25 bits per heavy atom. The van der Waals surface area contributed by atoms with E-state index in [2.05, 4.69) is 32.1 Å². The fourth-order valence-corrected chi connectivity index (χ4v) is 2.85. The van der Waals surface area contributed by atoms with E-state index in [9.17, 15) is 0 Å². The van der Waals surface area contributed by atoms with Crippen LogP contribution >= 0.6 is 0 Å². The summed E-state index contributed by atoms with van der Waals surface area (Å²) in [6.07, 6.45) is 0. The van der Waals surface area contributed by atoms with Gasteiger partial charge in [0.1, 0.15) is 0 Å². The zero-order valence-corrected chi connectivity index (χ0v) is 10.0. The molecular weight excluding hydrogens is 202 g/mol. The maximum absolute atomic E-state index is 4.46. The molecule has 90 valence electrons. The molecule has 5 heteroatoms. The highest BCUT2D eigenvalue weighted by Crippen LogP contribution is 2.14. The summed E-state index contributed by atoms with van der Waals surface area (Å²) < 4.78 is 0. The van der Waals surface area contributed by atoms with Crippen molar-refractivity contribution >= 4 is 5.96 Å². The molecule has 0 aromatic carbocycles. The second kappa shape index (κ2) is 4.22. The Balaban J connectivity index is 1.52. The lowest BCUT2D eigenvalue weighted by atomic mass is 10.1. The smallest absolute Gasteiger partial charge is 0.193 e. The lowest BCUT2D eigenvalue weighted by Crippen LogP contribution is -2.63. The van der Waals surface area contributed by atoms with Crippen LogP contribution in [0.4, 0.5) is 0 Å². The van der Waals surface area contributed by atoms with Crippen LogP contribution in [-0.2, 0) is 0 Å². The highest BCUT2D eigenvalue weighted by molar-refractivity contribution is 5.81. The number of hydrogen-bond acceptors (Lipinski definition) is 5. The Labute approximate surface area is 97.1 Å². The number of guanidine groups is 1. The number of likely N-dealkylation sites (N-methyl/N-ethyl adjacent to an activating group) is 1. The van der Waals surface area contributed by atoms with Gasteiger partial charge in [-0.1, -0.05) is 0 Å². The number of rotatable bonds is 2. The predicted octanol–water partition coefficient (Wildman–Crippen LogP) is -1.12. The van der Waals surface area contributed by atoms with Crippen molar-refractivity contribution in [1.29, 1.82) is 0 Å². The van der Waals surface area contributed by atoms with Gasteiger partial charge < -0.3 is 10.2 Å². The fraction of sp³-hybridized carbons (Fsp3) is 0.909. The summed E-state index contributed by atoms with van der Waals surface area (Å²) in [5.41, 5.74) is 0. The summed E-state index contributed by atoms with van der Waals surface area (Å²) in [5.74, 6) is 1.08. The van der Waals surface area contributed by atoms with Gasteiger partial charge in [0.25, 0.3) is 0 Å². The number of aliphatic imine (C=N–C) groups is 1. The van der Waals surface area contributed by atoms with E-state index >= 15 is 0 Å². The first-order valence-electron chi connectivity index (χ1n) is 6.29. The SMILES string of the molecule is CN1CCN=C1NCC1CN2CCN1CC2. The van der Waals surface area contributed by atoms with Crippen molar-refractivity contribution in [2.24, 2.45) is 4.99 Å². The van der Waals surface area contributed by atoms with Crippen LogP contribution in [0.15, 0.2) is 4.99 Å². The summed E-state index contributed by atoms with van der Waals surface area (Å²) in [6.45, 7) is 9.28. The molecule has 3 fully saturated rings. The van der Waals surface area contributed by atoms with Gasteiger partial charge in [0, 0.05) is 58.9 Å². The number of nitrogens with zero attached hydrogens (tertiary/aromatic N) is 4. The molecule has 5 nitrogen and oxygen atoms in total. The average molecular weight is 223 g/mol. The van der Waals surface area contributed by atoms with Crippen LogP contribution in [0.25, 0.3) is 0 Å². The van der Waals surface area contributed by atoms with E-state index in [1.54, 1.807) is 0 Å². The van der Waals surface area contributed by atoms with Crippen LogP contribution in [-0.4, -0.2) is 86.1 Å². The van der Waals surface area contributed by atoms with E-state index < -0.39 is 0 Å². The van der Waals surface area contributed by atoms with Gasteiger partial charge in [-0.3, -0.25) is 14.8 Å². The van der Waals surface area contributed by atoms with Gasteiger partial charge in [-0.25, -0.2) is 0 Å². The monoisotopic (exact) mass is 223 g/mol. The first-order valence-corrected chi connectivity index (χ1v) is 6.29. The van der Waals surface area contributed by atoms with Crippen molar-refractivity contribution in [2.45, 2.75) is 6.04 Å². The molecule has 1 unspecified atom stereocenters. The molecule has 4 heterocycles. The van der Waals surface area contributed by atoms with Gasteiger partial charge in [-0.2, -0.15) is 0 Å². The summed E-state index contributed by atoms with van der Waals surface area (Å²) in [5, 5.41) is 3.49. The molecule has 0 aromatic heterocycles. The Kier molecular flexibility index (Phi) is 2.73. The third-order valence-electron chi connectivity index (χ3n) is 3.95. The molecule has 2 bridgehead atoms. The number of hydrogen-bond donors (Lipinski definition) is 1. The Hall–Kier alpha value is -0.810. The van der Waals surface area contributed by atoms with Crippen molar-refractivity contribution in [3.05, 3.63) is 0 Å². The summed E-state index contributed by atoms with van der Waals surface area (Å²) in [6, 6.07) is 0.680. The van der Waals surface area contributed by atoms with Crippen molar-refractivity contribution in [3.8, 4) is 0 Å². The van der Waals surface area contributed by atoms with Gasteiger partial charge >= 0.3 is 0 Å². The lowest BCUT2D eigenvalue weighted by Gasteiger charge is -2.47. The molecule has 0 radical (unpaired) electrons. The van der Waals surface area contributed by atoms with E-state index in [4.69, 9.17) is 0 Å². The zero-order chi connectivity index (χ0) is 11.0. The van der Waals surface area contributed by atoms with Gasteiger partial charge in [0.2, 0.25) is 0 Å². The molecule has 0 aliphatic carbocycles. The Bertz CT molecular complexity index is 282. The molecule has 0 saturated carbocycles. The standard InChI is InChI=1S/C11H21N5/c1-14-3-2-12-11(14)13-8-10-9-15-4-6-16(10)7-5-15/h10H,2-9H2,1H3,(H,12,13). The number of fused-ring (bicyclic) bond motifs is 3. The molecule has 1 N–H and O–H groups in total. The van der Waals surface area contributed by atoms with Gasteiger partial charge in [0.15, 0.2) is 5.96 Å². The molecule has 3 saturated heterocycles. The molecule has 1 atom stereocenters. The van der Waals surface area contributed by atoms with Gasteiger partial charge in [-0.05, 0) is 0 Å². The van der Waals surface area contributed by atoms with E-state index in [0.29, 0.717) is 6.04 Å². The van der Waals surface area contributed by atoms with E-state index in [0.717, 1.165) is 25.6 Å². The molecule has 4 rings (SSSR count). The van der Waals surface area contributed by atoms with Gasteiger partial charge in [0.05, 0.1) is 6.54 Å². The molecule has 0 amide bonds. The van der Waals surface area contributed by atoms with E-state index in [1.165, 1.54) is 32.7 Å². The van der Waals surface area contributed by atoms with Crippen molar-refractivity contribution in [3.63, 3.8) is 0 Å². The van der Waals surface area contributed by atoms with Crippen LogP contribution in [0.1, 0.15) is 0 Å². The van der Waals surface area contributed by atoms with Gasteiger partial charge in [-0.15, -0.1) is 0 Å². The summed E-state index contributed by atoms with van der Waals surface area (Å²) >= 11 is 0. The van der Waals surface area contributed by atoms with Crippen molar-refractivity contribution in [2.75, 3.05) is 59.4 Å². The van der Waals surface area contributed by atoms with E-state index in [-0.39, 0.29) is 0 Å². The molecule has 0 aromatic rings. The highest BCUT2D eigenvalue weighted by Gasteiger charge is 2.31. The summed E-state index contributed by atoms with van der Waals surface area (Å²) in [4.78, 5) is 11.9. The Morgan fingerprint density at radius 3 is 2.62 bits per heavy atom. The van der Waals surface area contributed by atoms with Crippen molar-refractivity contribution in [1.82, 2.24) is 20.0 Å². The highest BCUT2D eigenvalue weighted by atomic mass is 15.4. The van der Waals surface area contributed by atoms with Crippen LogP contribution < -0.4 is 5.32 Å². The van der Waals surface area contributed by atoms with Crippen LogP contribution in [0.3, 0.4) is 0 Å². The average Bonchev–Trinajstić information content (AvgIpc) is 2.74. The first-order chi connectivity index (χ1) is 7.83. The maximum atomic E-state index is 4.46. The largest absolute Gasteiger partial charge is 0.355 e. The zero-order valence-electron chi connectivity index (χ0n) is 10.0. The normalized spacial score (nSPS) is 37.7. The molecular formula is C11H21N5. The third-order valence-corrected chi connectivity index (χ3v) is 3.95. The minimum atomic E-state index is 0.680. The van der Waals surface area contributed by atoms with E-state index in [1.807, 2.05) is 0 Å². The summed E-state index contributed by atoms with van der Waals surface area (Å²) in [7, 11) is 2.11. The Morgan fingerprint density at radius 2 is 2.06 bits per heavy atom. The molecule has 16 heavy (non-hydrogen) atoms. The molecule has 4 aliphatic rings. The van der Waals surface area contributed by atoms with Crippen LogP contribution in [0.5, 0.6) is 0 Å². The molecule has 4 aliphatic heterocycles. The predicted molar refractivity (Wildman–Crippen MR) is 64.7 cm³/mol. The van der Waals surface area contributed by atoms with Crippen LogP contribution in [0, 0.1) is 0 Å². The minimum absolute atomic E-state index is 0.680. The molecule has 0 spiro atoms. The fourth-order valence-electron chi connectivity index (χ4n) is 2.85. The number of piperazine rings is 3. The maximum Gasteiger partial charge on any atom is 0.193 e. The van der Waals surface area contributed by atoms with Crippen molar-refractivity contribution < 1.29 is 0 Å². The van der Waals surface area contributed by atoms with Crippen LogP contribution in [0.2, 0.25) is 0 Å². The number of nitrogens with one attached hydrogen (secondary N) is 1. The second-order valence-corrected chi connectivity index (χ2v) is 5.00. The lowest BCUT2D eigenvalue weighted by molar-refractivity contribution is 0.0153. The minimum Gasteiger partial charge on any atom is -0.355 e. The first kappa shape index (κ1) is 10.4. The topological polar surface area (TPSA) is 34.1 Å². The second-order valence-electron chi connectivity index (χ2n) is 5.00. The quantitative estimate of drug-likeness (QED) is 0.643. The third kappa shape index (κ3) is 1.89.